The molecule has 0 aromatic carbocycles. The second-order valence-corrected chi connectivity index (χ2v) is 3.93. The third kappa shape index (κ3) is 5.01. The summed E-state index contributed by atoms with van der Waals surface area (Å²) in [6.07, 6.45) is 0. The summed E-state index contributed by atoms with van der Waals surface area (Å²) in [4.78, 5) is 0. The molecule has 1 atom stereocenters. The zero-order valence-electron chi connectivity index (χ0n) is 8.64. The van der Waals surface area contributed by atoms with E-state index in [4.69, 9.17) is 0 Å². The quantitative estimate of drug-likeness (QED) is 0.697. The maximum absolute atomic E-state index is 2.32. The second kappa shape index (κ2) is 6.23. The molecule has 0 rings (SSSR count). The van der Waals surface area contributed by atoms with E-state index in [1.54, 1.807) is 5.92 Å². The van der Waals surface area contributed by atoms with Gasteiger partial charge in [0.05, 0.1) is 0 Å². The van der Waals surface area contributed by atoms with E-state index in [0.29, 0.717) is 0 Å². The minimum absolute atomic E-state index is 0. The van der Waals surface area contributed by atoms with Crippen molar-refractivity contribution in [1.29, 1.82) is 0 Å². The zero-order valence-corrected chi connectivity index (χ0v) is 11.6. The number of hydrogen-bond donors (Lipinski definition) is 0. The van der Waals surface area contributed by atoms with Gasteiger partial charge in [0.1, 0.15) is 0 Å². The normalized spacial score (nSPS) is 13.9. The minimum Gasteiger partial charge on any atom is -0.311 e. The maximum Gasteiger partial charge on any atom is 0 e. The van der Waals surface area contributed by atoms with Crippen LogP contribution in [0.2, 0.25) is 0 Å². The van der Waals surface area contributed by atoms with E-state index >= 15 is 0 Å². The monoisotopic (exact) mass is 325 g/mol. The molecule has 0 fully saturated rings. The second-order valence-electron chi connectivity index (χ2n) is 3.93. The third-order valence-electron chi connectivity index (χ3n) is 2.63. The molecule has 0 bridgehead atoms. The molecule has 0 saturated carbocycles. The average molecular weight is 325 g/mol. The van der Waals surface area contributed by atoms with Crippen molar-refractivity contribution >= 4 is 0 Å². The Morgan fingerprint density at radius 2 is 1.27 bits per heavy atom. The van der Waals surface area contributed by atoms with Crippen LogP contribution < -0.4 is 0 Å². The standard InChI is InChI=1S/C10H21.W/c1-7(2)9(5)10(6)8(3)4;/h7-9H,1-6H3;/q-1;/t9-;/m1./s1. The van der Waals surface area contributed by atoms with Crippen molar-refractivity contribution in [3.05, 3.63) is 5.92 Å². The summed E-state index contributed by atoms with van der Waals surface area (Å²) in [5.74, 6) is 3.95. The molecule has 0 unspecified atom stereocenters. The van der Waals surface area contributed by atoms with Gasteiger partial charge in [0.15, 0.2) is 0 Å². The van der Waals surface area contributed by atoms with Crippen LogP contribution in [0.3, 0.4) is 0 Å². The summed E-state index contributed by atoms with van der Waals surface area (Å²) in [7, 11) is 0. The first-order chi connectivity index (χ1) is 4.46. The number of rotatable bonds is 3. The molecule has 68 valence electrons. The summed E-state index contributed by atoms with van der Waals surface area (Å²) in [6, 6.07) is 0. The van der Waals surface area contributed by atoms with Crippen LogP contribution in [0.15, 0.2) is 0 Å². The van der Waals surface area contributed by atoms with Gasteiger partial charge in [0.2, 0.25) is 0 Å². The van der Waals surface area contributed by atoms with Crippen molar-refractivity contribution in [2.24, 2.45) is 17.8 Å². The van der Waals surface area contributed by atoms with Crippen LogP contribution in [-0.2, 0) is 21.1 Å². The molecule has 0 amide bonds. The third-order valence-corrected chi connectivity index (χ3v) is 2.63. The molecule has 0 aromatic rings. The summed E-state index contributed by atoms with van der Waals surface area (Å²) in [5, 5.41) is 0. The van der Waals surface area contributed by atoms with Gasteiger partial charge < -0.3 is 5.92 Å². The van der Waals surface area contributed by atoms with Gasteiger partial charge in [0.25, 0.3) is 0 Å². The molecule has 0 heterocycles. The Labute approximate surface area is 86.4 Å². The predicted octanol–water partition coefficient (Wildman–Crippen LogP) is 3.53. The SMILES string of the molecule is C[C-](C(C)C)[C@H](C)C(C)C.[W]. The van der Waals surface area contributed by atoms with Crippen molar-refractivity contribution in [2.45, 2.75) is 41.5 Å². The summed E-state index contributed by atoms with van der Waals surface area (Å²) < 4.78 is 0. The van der Waals surface area contributed by atoms with Crippen LogP contribution in [0.5, 0.6) is 0 Å². The molecule has 0 spiro atoms. The molecule has 0 N–H and O–H groups in total. The Morgan fingerprint density at radius 1 is 0.909 bits per heavy atom. The van der Waals surface area contributed by atoms with Crippen molar-refractivity contribution < 1.29 is 21.1 Å². The van der Waals surface area contributed by atoms with Crippen LogP contribution in [0.1, 0.15) is 41.5 Å². The van der Waals surface area contributed by atoms with Gasteiger partial charge in [-0.3, -0.25) is 0 Å². The van der Waals surface area contributed by atoms with Crippen molar-refractivity contribution in [1.82, 2.24) is 0 Å². The van der Waals surface area contributed by atoms with Gasteiger partial charge in [0, 0.05) is 21.1 Å². The molecule has 0 saturated heterocycles. The summed E-state index contributed by atoms with van der Waals surface area (Å²) in [5.41, 5.74) is 0. The number of hydrogen-bond acceptors (Lipinski definition) is 0. The fourth-order valence-corrected chi connectivity index (χ4v) is 1.05. The van der Waals surface area contributed by atoms with E-state index < -0.39 is 0 Å². The fourth-order valence-electron chi connectivity index (χ4n) is 1.05. The van der Waals surface area contributed by atoms with E-state index in [1.807, 2.05) is 0 Å². The Kier molecular flexibility index (Phi) is 8.06. The van der Waals surface area contributed by atoms with Gasteiger partial charge in [-0.25, -0.2) is 0 Å². The van der Waals surface area contributed by atoms with E-state index in [0.717, 1.165) is 17.8 Å². The molecular weight excluding hydrogens is 304 g/mol. The van der Waals surface area contributed by atoms with Crippen LogP contribution in [0.4, 0.5) is 0 Å². The zero-order chi connectivity index (χ0) is 8.31. The average Bonchev–Trinajstić information content (AvgIpc) is 1.84. The van der Waals surface area contributed by atoms with Gasteiger partial charge in [-0.15, -0.1) is 0 Å². The molecule has 1 heteroatoms. The van der Waals surface area contributed by atoms with Crippen molar-refractivity contribution in [3.8, 4) is 0 Å². The first kappa shape index (κ1) is 14.2. The molecule has 0 aliphatic rings. The van der Waals surface area contributed by atoms with Crippen LogP contribution in [-0.4, -0.2) is 0 Å². The van der Waals surface area contributed by atoms with Crippen molar-refractivity contribution in [2.75, 3.05) is 0 Å². The van der Waals surface area contributed by atoms with Crippen molar-refractivity contribution in [3.63, 3.8) is 0 Å². The van der Waals surface area contributed by atoms with Gasteiger partial charge >= 0.3 is 0 Å². The van der Waals surface area contributed by atoms with E-state index in [-0.39, 0.29) is 21.1 Å². The summed E-state index contributed by atoms with van der Waals surface area (Å²) >= 11 is 0. The first-order valence-corrected chi connectivity index (χ1v) is 4.30. The van der Waals surface area contributed by atoms with E-state index in [1.165, 1.54) is 0 Å². The van der Waals surface area contributed by atoms with Crippen LogP contribution >= 0.6 is 0 Å². The van der Waals surface area contributed by atoms with E-state index in [9.17, 15) is 0 Å². The Bertz CT molecular complexity index is 74.9. The smallest absolute Gasteiger partial charge is 0 e. The molecule has 11 heavy (non-hydrogen) atoms. The van der Waals surface area contributed by atoms with Gasteiger partial charge in [-0.05, 0) is 0 Å². The molecule has 0 aliphatic heterocycles. The topological polar surface area (TPSA) is 0 Å². The predicted molar refractivity (Wildman–Crippen MR) is 47.8 cm³/mol. The molecule has 0 aromatic heterocycles. The fraction of sp³-hybridized carbons (Fsp3) is 0.900. The van der Waals surface area contributed by atoms with Crippen LogP contribution in [0.25, 0.3) is 0 Å². The Balaban J connectivity index is 0. The Morgan fingerprint density at radius 3 is 1.36 bits per heavy atom. The molecular formula is C10H21W-. The minimum atomic E-state index is 0. The Hall–Kier alpha value is 0.688. The maximum atomic E-state index is 2.32. The van der Waals surface area contributed by atoms with E-state index in [2.05, 4.69) is 41.5 Å². The largest absolute Gasteiger partial charge is 0.311 e. The van der Waals surface area contributed by atoms with Gasteiger partial charge in [-0.2, -0.15) is 18.8 Å². The summed E-state index contributed by atoms with van der Waals surface area (Å²) in [6.45, 7) is 13.7. The van der Waals surface area contributed by atoms with Gasteiger partial charge in [-0.1, -0.05) is 40.5 Å². The first-order valence-electron chi connectivity index (χ1n) is 4.30. The van der Waals surface area contributed by atoms with Crippen LogP contribution in [0, 0.1) is 23.7 Å². The molecule has 0 aliphatic carbocycles. The molecule has 0 nitrogen and oxygen atoms in total. The molecule has 0 radical (unpaired) electrons.